The molecule has 33 heavy (non-hydrogen) atoms. The highest BCUT2D eigenvalue weighted by Crippen LogP contribution is 2.34. The van der Waals surface area contributed by atoms with Crippen LogP contribution in [0.1, 0.15) is 18.1 Å². The van der Waals surface area contributed by atoms with Crippen LogP contribution >= 0.6 is 0 Å². The molecule has 8 heteroatoms. The Morgan fingerprint density at radius 1 is 0.848 bits per heavy atom. The van der Waals surface area contributed by atoms with Gasteiger partial charge in [-0.3, -0.25) is 9.59 Å². The van der Waals surface area contributed by atoms with E-state index in [0.29, 0.717) is 16.9 Å². The highest BCUT2D eigenvalue weighted by Gasteiger charge is 2.40. The Bertz CT molecular complexity index is 1200. The Balaban J connectivity index is 1.69. The monoisotopic (exact) mass is 452 g/mol. The summed E-state index contributed by atoms with van der Waals surface area (Å²) in [5.74, 6) is -1.44. The lowest BCUT2D eigenvalue weighted by atomic mass is 10.0. The van der Waals surface area contributed by atoms with Crippen LogP contribution in [0.3, 0.4) is 0 Å². The first-order chi connectivity index (χ1) is 15.8. The highest BCUT2D eigenvalue weighted by atomic mass is 19.4. The molecule has 5 nitrogen and oxygen atoms in total. The summed E-state index contributed by atoms with van der Waals surface area (Å²) in [6.07, 6.45) is -3.99. The number of anilines is 2. The van der Waals surface area contributed by atoms with Gasteiger partial charge >= 0.3 is 6.36 Å². The van der Waals surface area contributed by atoms with Crippen molar-refractivity contribution in [2.75, 3.05) is 10.2 Å². The topological polar surface area (TPSA) is 58.6 Å². The zero-order chi connectivity index (χ0) is 23.6. The number of aryl methyl sites for hydroxylation is 1. The largest absolute Gasteiger partial charge is 0.573 e. The van der Waals surface area contributed by atoms with Gasteiger partial charge in [0.25, 0.3) is 11.8 Å². The number of carbonyl (C=O) groups is 2. The number of ether oxygens (including phenoxy) is 1. The van der Waals surface area contributed by atoms with Crippen molar-refractivity contribution in [3.05, 3.63) is 95.7 Å². The van der Waals surface area contributed by atoms with Gasteiger partial charge in [-0.2, -0.15) is 0 Å². The first-order valence-corrected chi connectivity index (χ1v) is 10.2. The Morgan fingerprint density at radius 3 is 2.06 bits per heavy atom. The van der Waals surface area contributed by atoms with E-state index in [1.54, 1.807) is 42.5 Å². The van der Waals surface area contributed by atoms with Gasteiger partial charge in [0.2, 0.25) is 0 Å². The number of benzene rings is 3. The number of nitrogens with zero attached hydrogens (tertiary/aromatic N) is 1. The molecule has 1 aliphatic rings. The molecule has 0 radical (unpaired) electrons. The Kier molecular flexibility index (Phi) is 5.91. The van der Waals surface area contributed by atoms with Crippen LogP contribution in [0.4, 0.5) is 24.5 Å². The van der Waals surface area contributed by atoms with E-state index < -0.39 is 23.9 Å². The predicted octanol–water partition coefficient (Wildman–Crippen LogP) is 5.54. The number of carbonyl (C=O) groups excluding carboxylic acids is 2. The molecule has 1 heterocycles. The molecular weight excluding hydrogens is 433 g/mol. The molecule has 0 atom stereocenters. The number of amides is 2. The Labute approximate surface area is 188 Å². The smallest absolute Gasteiger partial charge is 0.406 e. The third-order valence-corrected chi connectivity index (χ3v) is 5.11. The van der Waals surface area contributed by atoms with Crippen molar-refractivity contribution in [2.24, 2.45) is 0 Å². The van der Waals surface area contributed by atoms with E-state index >= 15 is 0 Å². The molecule has 1 N–H and O–H groups in total. The average molecular weight is 452 g/mol. The molecule has 2 amide bonds. The van der Waals surface area contributed by atoms with Gasteiger partial charge in [0.05, 0.1) is 11.3 Å². The molecule has 0 saturated carbocycles. The van der Waals surface area contributed by atoms with Crippen LogP contribution in [0.25, 0.3) is 5.57 Å². The molecule has 4 rings (SSSR count). The van der Waals surface area contributed by atoms with Gasteiger partial charge in [-0.15, -0.1) is 13.2 Å². The standard InChI is InChI=1S/C25H19F3N2O3/c1-2-16-8-12-19(13-9-16)30-23(31)21(17-6-4-3-5-7-17)22(24(30)32)29-18-10-14-20(15-11-18)33-25(26,27)28/h3-15,29H,2H2,1H3. The maximum absolute atomic E-state index is 13.3. The number of alkyl halides is 3. The van der Waals surface area contributed by atoms with E-state index in [-0.39, 0.29) is 11.3 Å². The molecule has 1 aliphatic heterocycles. The van der Waals surface area contributed by atoms with Crippen LogP contribution < -0.4 is 15.0 Å². The van der Waals surface area contributed by atoms with Crippen LogP contribution in [0, 0.1) is 0 Å². The average Bonchev–Trinajstić information content (AvgIpc) is 3.04. The zero-order valence-corrected chi connectivity index (χ0v) is 17.5. The highest BCUT2D eigenvalue weighted by molar-refractivity contribution is 6.46. The van der Waals surface area contributed by atoms with Crippen LogP contribution in [-0.4, -0.2) is 18.2 Å². The number of rotatable bonds is 6. The van der Waals surface area contributed by atoms with Crippen molar-refractivity contribution in [1.29, 1.82) is 0 Å². The fourth-order valence-electron chi connectivity index (χ4n) is 3.52. The summed E-state index contributed by atoms with van der Waals surface area (Å²) in [6, 6.07) is 20.8. The minimum atomic E-state index is -4.81. The van der Waals surface area contributed by atoms with Crippen molar-refractivity contribution in [3.63, 3.8) is 0 Å². The predicted molar refractivity (Wildman–Crippen MR) is 118 cm³/mol. The van der Waals surface area contributed by atoms with Crippen molar-refractivity contribution in [2.45, 2.75) is 19.7 Å². The van der Waals surface area contributed by atoms with E-state index in [0.717, 1.165) is 29.0 Å². The third-order valence-electron chi connectivity index (χ3n) is 5.11. The molecule has 3 aromatic carbocycles. The summed E-state index contributed by atoms with van der Waals surface area (Å²) >= 11 is 0. The molecule has 3 aromatic rings. The summed E-state index contributed by atoms with van der Waals surface area (Å²) in [4.78, 5) is 27.8. The zero-order valence-electron chi connectivity index (χ0n) is 17.5. The van der Waals surface area contributed by atoms with Gasteiger partial charge in [-0.25, -0.2) is 4.90 Å². The normalized spacial score (nSPS) is 14.1. The summed E-state index contributed by atoms with van der Waals surface area (Å²) < 4.78 is 41.1. The first-order valence-electron chi connectivity index (χ1n) is 10.2. The van der Waals surface area contributed by atoms with E-state index in [9.17, 15) is 22.8 Å². The maximum atomic E-state index is 13.3. The first kappa shape index (κ1) is 22.1. The third kappa shape index (κ3) is 4.74. The molecule has 0 fully saturated rings. The molecule has 0 aliphatic carbocycles. The maximum Gasteiger partial charge on any atom is 0.573 e. The van der Waals surface area contributed by atoms with Crippen LogP contribution in [0.15, 0.2) is 84.6 Å². The van der Waals surface area contributed by atoms with Gasteiger partial charge in [0.15, 0.2) is 0 Å². The van der Waals surface area contributed by atoms with Crippen LogP contribution in [0.2, 0.25) is 0 Å². The number of imide groups is 1. The summed E-state index contributed by atoms with van der Waals surface area (Å²) in [5, 5.41) is 2.91. The Morgan fingerprint density at radius 2 is 1.48 bits per heavy atom. The summed E-state index contributed by atoms with van der Waals surface area (Å²) in [5.41, 5.74) is 2.58. The van der Waals surface area contributed by atoms with Crippen molar-refractivity contribution in [1.82, 2.24) is 0 Å². The van der Waals surface area contributed by atoms with Gasteiger partial charge in [-0.1, -0.05) is 49.4 Å². The van der Waals surface area contributed by atoms with Gasteiger partial charge in [-0.05, 0) is 53.9 Å². The van der Waals surface area contributed by atoms with Crippen molar-refractivity contribution < 1.29 is 27.5 Å². The fourth-order valence-corrected chi connectivity index (χ4v) is 3.52. The van der Waals surface area contributed by atoms with E-state index in [1.807, 2.05) is 19.1 Å². The fraction of sp³-hybridized carbons (Fsp3) is 0.120. The quantitative estimate of drug-likeness (QED) is 0.499. The molecule has 0 unspecified atom stereocenters. The van der Waals surface area contributed by atoms with E-state index in [4.69, 9.17) is 0 Å². The lowest BCUT2D eigenvalue weighted by molar-refractivity contribution is -0.274. The molecule has 0 aromatic heterocycles. The molecule has 0 bridgehead atoms. The SMILES string of the molecule is CCc1ccc(N2C(=O)C(Nc3ccc(OC(F)(F)F)cc3)=C(c3ccccc3)C2=O)cc1. The lowest BCUT2D eigenvalue weighted by Gasteiger charge is -2.16. The summed E-state index contributed by atoms with van der Waals surface area (Å²) in [7, 11) is 0. The minimum absolute atomic E-state index is 0.0373. The molecule has 168 valence electrons. The van der Waals surface area contributed by atoms with Crippen molar-refractivity contribution >= 4 is 28.8 Å². The Hall–Kier alpha value is -4.07. The van der Waals surface area contributed by atoms with E-state index in [1.165, 1.54) is 12.1 Å². The number of halogens is 3. The molecular formula is C25H19F3N2O3. The minimum Gasteiger partial charge on any atom is -0.406 e. The molecule has 0 saturated heterocycles. The van der Waals surface area contributed by atoms with Crippen LogP contribution in [-0.2, 0) is 16.0 Å². The van der Waals surface area contributed by atoms with Crippen LogP contribution in [0.5, 0.6) is 5.75 Å². The van der Waals surface area contributed by atoms with Gasteiger partial charge in [0.1, 0.15) is 11.4 Å². The summed E-state index contributed by atoms with van der Waals surface area (Å²) in [6.45, 7) is 2.00. The second-order valence-electron chi connectivity index (χ2n) is 7.28. The molecule has 0 spiro atoms. The number of nitrogens with one attached hydrogen (secondary N) is 1. The van der Waals surface area contributed by atoms with E-state index in [2.05, 4.69) is 10.1 Å². The second kappa shape index (κ2) is 8.82. The van der Waals surface area contributed by atoms with Gasteiger partial charge < -0.3 is 10.1 Å². The lowest BCUT2D eigenvalue weighted by Crippen LogP contribution is -2.32. The van der Waals surface area contributed by atoms with Crippen molar-refractivity contribution in [3.8, 4) is 5.75 Å². The van der Waals surface area contributed by atoms with Gasteiger partial charge in [0, 0.05) is 5.69 Å². The number of hydrogen-bond donors (Lipinski definition) is 1. The number of hydrogen-bond acceptors (Lipinski definition) is 4. The second-order valence-corrected chi connectivity index (χ2v) is 7.28.